The van der Waals surface area contributed by atoms with E-state index in [0.29, 0.717) is 42.0 Å². The molecular formula is C23H24ClN5O3. The number of amidine groups is 1. The number of hydrogen-bond donors (Lipinski definition) is 0. The Hall–Kier alpha value is -2.97. The van der Waals surface area contributed by atoms with E-state index in [1.165, 1.54) is 4.90 Å². The Kier molecular flexibility index (Phi) is 5.35. The maximum atomic E-state index is 13.7. The van der Waals surface area contributed by atoms with Gasteiger partial charge in [-0.25, -0.2) is 9.78 Å². The van der Waals surface area contributed by atoms with E-state index in [0.717, 1.165) is 24.3 Å². The number of amides is 3. The van der Waals surface area contributed by atoms with E-state index in [9.17, 15) is 9.59 Å². The van der Waals surface area contributed by atoms with E-state index in [4.69, 9.17) is 16.3 Å². The van der Waals surface area contributed by atoms with E-state index in [1.54, 1.807) is 23.2 Å². The van der Waals surface area contributed by atoms with Crippen LogP contribution in [0.15, 0.2) is 41.5 Å². The summed E-state index contributed by atoms with van der Waals surface area (Å²) in [6, 6.07) is 8.47. The van der Waals surface area contributed by atoms with Crippen LogP contribution < -0.4 is 9.80 Å². The average molecular weight is 454 g/mol. The number of aliphatic imine (C=N–C) groups is 1. The quantitative estimate of drug-likeness (QED) is 0.709. The summed E-state index contributed by atoms with van der Waals surface area (Å²) in [5.41, 5.74) is 3.05. The van der Waals surface area contributed by atoms with Crippen LogP contribution in [0.3, 0.4) is 0 Å². The average Bonchev–Trinajstić information content (AvgIpc) is 3.15. The van der Waals surface area contributed by atoms with Crippen LogP contribution in [0.2, 0.25) is 5.02 Å². The minimum absolute atomic E-state index is 0.0701. The SMILES string of the molecule is CC(C)[C@H]1C(=O)N=C2c3ncc(N4CCOCC4)cc3N(Cc3ccc(Cl)cc3)C(=O)N21. The summed E-state index contributed by atoms with van der Waals surface area (Å²) in [7, 11) is 0. The third kappa shape index (κ3) is 3.53. The molecule has 1 saturated heterocycles. The molecule has 0 aliphatic carbocycles. The zero-order chi connectivity index (χ0) is 22.4. The van der Waals surface area contributed by atoms with Crippen molar-refractivity contribution in [2.75, 3.05) is 36.1 Å². The van der Waals surface area contributed by atoms with Crippen molar-refractivity contribution in [2.24, 2.45) is 10.9 Å². The van der Waals surface area contributed by atoms with Crippen molar-refractivity contribution in [1.29, 1.82) is 0 Å². The number of rotatable bonds is 4. The zero-order valence-electron chi connectivity index (χ0n) is 18.0. The molecule has 0 bridgehead atoms. The third-order valence-corrected chi connectivity index (χ3v) is 6.28. The highest BCUT2D eigenvalue weighted by molar-refractivity contribution is 6.30. The van der Waals surface area contributed by atoms with Gasteiger partial charge >= 0.3 is 6.03 Å². The van der Waals surface area contributed by atoms with Crippen LogP contribution in [0, 0.1) is 5.92 Å². The van der Waals surface area contributed by atoms with E-state index >= 15 is 0 Å². The van der Waals surface area contributed by atoms with Gasteiger partial charge in [0.05, 0.1) is 37.3 Å². The third-order valence-electron chi connectivity index (χ3n) is 6.03. The second kappa shape index (κ2) is 8.18. The second-order valence-electron chi connectivity index (χ2n) is 8.49. The summed E-state index contributed by atoms with van der Waals surface area (Å²) in [4.78, 5) is 40.7. The van der Waals surface area contributed by atoms with Crippen molar-refractivity contribution >= 4 is 40.7 Å². The first kappa shape index (κ1) is 20.9. The first-order valence-corrected chi connectivity index (χ1v) is 11.1. The van der Waals surface area contributed by atoms with Gasteiger partial charge in [-0.05, 0) is 29.7 Å². The fraction of sp³-hybridized carbons (Fsp3) is 0.391. The molecule has 0 N–H and O–H groups in total. The van der Waals surface area contributed by atoms with E-state index in [1.807, 2.05) is 32.0 Å². The van der Waals surface area contributed by atoms with Crippen molar-refractivity contribution in [3.8, 4) is 0 Å². The maximum Gasteiger partial charge on any atom is 0.331 e. The topological polar surface area (TPSA) is 78.3 Å². The predicted octanol–water partition coefficient (Wildman–Crippen LogP) is 3.33. The summed E-state index contributed by atoms with van der Waals surface area (Å²) in [5.74, 6) is -0.0319. The molecule has 0 radical (unpaired) electrons. The highest BCUT2D eigenvalue weighted by Crippen LogP contribution is 2.37. The number of hydrogen-bond acceptors (Lipinski definition) is 5. The molecule has 3 aliphatic heterocycles. The molecule has 2 aromatic rings. The number of benzene rings is 1. The molecule has 32 heavy (non-hydrogen) atoms. The molecule has 1 atom stereocenters. The Bertz CT molecular complexity index is 1100. The summed E-state index contributed by atoms with van der Waals surface area (Å²) < 4.78 is 5.46. The number of morpholine rings is 1. The van der Waals surface area contributed by atoms with Gasteiger partial charge in [0.15, 0.2) is 5.84 Å². The number of aromatic nitrogens is 1. The number of halogens is 1. The van der Waals surface area contributed by atoms with Gasteiger partial charge in [-0.3, -0.25) is 14.6 Å². The minimum Gasteiger partial charge on any atom is -0.378 e. The maximum absolute atomic E-state index is 13.7. The lowest BCUT2D eigenvalue weighted by Crippen LogP contribution is -2.55. The number of fused-ring (bicyclic) bond motifs is 3. The number of carbonyl (C=O) groups is 2. The van der Waals surface area contributed by atoms with Crippen LogP contribution >= 0.6 is 11.6 Å². The van der Waals surface area contributed by atoms with Crippen LogP contribution in [0.4, 0.5) is 16.2 Å². The normalized spacial score (nSPS) is 20.6. The van der Waals surface area contributed by atoms with Crippen molar-refractivity contribution in [1.82, 2.24) is 9.88 Å². The van der Waals surface area contributed by atoms with Crippen LogP contribution in [0.5, 0.6) is 0 Å². The molecule has 166 valence electrons. The lowest BCUT2D eigenvalue weighted by molar-refractivity contribution is -0.120. The standard InChI is InChI=1S/C23H24ClN5O3/c1-14(2)20-22(30)26-21-19-18(11-17(12-25-19)27-7-9-32-10-8-27)28(23(31)29(20)21)13-15-3-5-16(24)6-4-15/h3-6,11-12,14,20H,7-10,13H2,1-2H3/t20-/m0/s1. The number of ether oxygens (including phenoxy) is 1. The van der Waals surface area contributed by atoms with Gasteiger partial charge in [-0.15, -0.1) is 0 Å². The number of anilines is 2. The summed E-state index contributed by atoms with van der Waals surface area (Å²) in [6.07, 6.45) is 1.79. The number of carbonyl (C=O) groups excluding carboxylic acids is 2. The van der Waals surface area contributed by atoms with Crippen LogP contribution in [0.25, 0.3) is 0 Å². The van der Waals surface area contributed by atoms with Crippen molar-refractivity contribution < 1.29 is 14.3 Å². The first-order valence-electron chi connectivity index (χ1n) is 10.7. The summed E-state index contributed by atoms with van der Waals surface area (Å²) in [5, 5.41) is 0.634. The molecular weight excluding hydrogens is 430 g/mol. The molecule has 0 saturated carbocycles. The molecule has 3 amide bonds. The van der Waals surface area contributed by atoms with Crippen LogP contribution in [-0.2, 0) is 16.1 Å². The molecule has 9 heteroatoms. The molecule has 1 aromatic carbocycles. The van der Waals surface area contributed by atoms with Gasteiger partial charge in [-0.1, -0.05) is 37.6 Å². The van der Waals surface area contributed by atoms with Crippen LogP contribution in [0.1, 0.15) is 25.1 Å². The van der Waals surface area contributed by atoms with E-state index in [-0.39, 0.29) is 17.9 Å². The highest BCUT2D eigenvalue weighted by atomic mass is 35.5. The number of urea groups is 1. The van der Waals surface area contributed by atoms with Gasteiger partial charge in [0.2, 0.25) is 0 Å². The van der Waals surface area contributed by atoms with Gasteiger partial charge < -0.3 is 9.64 Å². The zero-order valence-corrected chi connectivity index (χ0v) is 18.7. The van der Waals surface area contributed by atoms with E-state index in [2.05, 4.69) is 14.9 Å². The van der Waals surface area contributed by atoms with Crippen LogP contribution in [-0.4, -0.2) is 60.0 Å². The predicted molar refractivity (Wildman–Crippen MR) is 122 cm³/mol. The smallest absolute Gasteiger partial charge is 0.331 e. The highest BCUT2D eigenvalue weighted by Gasteiger charge is 2.48. The summed E-state index contributed by atoms with van der Waals surface area (Å²) >= 11 is 6.05. The van der Waals surface area contributed by atoms with Gasteiger partial charge in [-0.2, -0.15) is 4.99 Å². The lowest BCUT2D eigenvalue weighted by atomic mass is 10.0. The molecule has 8 nitrogen and oxygen atoms in total. The van der Waals surface area contributed by atoms with Crippen molar-refractivity contribution in [3.05, 3.63) is 52.8 Å². The molecule has 3 aliphatic rings. The first-order chi connectivity index (χ1) is 15.4. The molecule has 4 heterocycles. The number of nitrogens with zero attached hydrogens (tertiary/aromatic N) is 5. The molecule has 5 rings (SSSR count). The Morgan fingerprint density at radius 1 is 1.16 bits per heavy atom. The Balaban J connectivity index is 1.60. The molecule has 0 unspecified atom stereocenters. The van der Waals surface area contributed by atoms with Crippen molar-refractivity contribution in [2.45, 2.75) is 26.4 Å². The molecule has 0 spiro atoms. The monoisotopic (exact) mass is 453 g/mol. The second-order valence-corrected chi connectivity index (χ2v) is 8.92. The fourth-order valence-corrected chi connectivity index (χ4v) is 4.53. The number of pyridine rings is 1. The Labute approximate surface area is 191 Å². The Morgan fingerprint density at radius 2 is 1.88 bits per heavy atom. The molecule has 1 aromatic heterocycles. The van der Waals surface area contributed by atoms with Crippen molar-refractivity contribution in [3.63, 3.8) is 0 Å². The fourth-order valence-electron chi connectivity index (χ4n) is 4.40. The van der Waals surface area contributed by atoms with Gasteiger partial charge in [0.1, 0.15) is 11.7 Å². The summed E-state index contributed by atoms with van der Waals surface area (Å²) in [6.45, 7) is 6.98. The van der Waals surface area contributed by atoms with E-state index < -0.39 is 6.04 Å². The molecule has 1 fully saturated rings. The van der Waals surface area contributed by atoms with Gasteiger partial charge in [0.25, 0.3) is 5.91 Å². The minimum atomic E-state index is -0.626. The largest absolute Gasteiger partial charge is 0.378 e. The Morgan fingerprint density at radius 3 is 2.56 bits per heavy atom. The lowest BCUT2D eigenvalue weighted by Gasteiger charge is -2.38. The van der Waals surface area contributed by atoms with Gasteiger partial charge in [0, 0.05) is 18.1 Å².